The van der Waals surface area contributed by atoms with Crippen molar-refractivity contribution in [3.63, 3.8) is 0 Å². The first-order valence-corrected chi connectivity index (χ1v) is 8.19. The first-order valence-electron chi connectivity index (χ1n) is 8.19. The smallest absolute Gasteiger partial charge is 0.325 e. The molecule has 0 bridgehead atoms. The number of benzene rings is 3. The molecular weight excluding hydrogens is 348 g/mol. The number of amides is 1. The topological polar surface area (TPSA) is 98.5 Å². The van der Waals surface area contributed by atoms with Gasteiger partial charge in [-0.15, -0.1) is 0 Å². The summed E-state index contributed by atoms with van der Waals surface area (Å²) in [6, 6.07) is 18.8. The predicted molar refractivity (Wildman–Crippen MR) is 99.2 cm³/mol. The molecule has 0 heterocycles. The number of carbonyl (C=O) groups is 2. The molecule has 0 aliphatic carbocycles. The third-order valence-electron chi connectivity index (χ3n) is 3.98. The Hall–Kier alpha value is -3.74. The Morgan fingerprint density at radius 1 is 1.00 bits per heavy atom. The van der Waals surface area contributed by atoms with Gasteiger partial charge in [0.15, 0.2) is 0 Å². The molecule has 3 rings (SSSR count). The first kappa shape index (κ1) is 18.1. The van der Waals surface area contributed by atoms with E-state index in [9.17, 15) is 19.7 Å². The van der Waals surface area contributed by atoms with Gasteiger partial charge in [-0.3, -0.25) is 19.7 Å². The zero-order valence-corrected chi connectivity index (χ0v) is 14.3. The van der Waals surface area contributed by atoms with Crippen LogP contribution < -0.4 is 5.32 Å². The van der Waals surface area contributed by atoms with E-state index in [4.69, 9.17) is 4.74 Å². The molecule has 3 aromatic rings. The predicted octanol–water partition coefficient (Wildman–Crippen LogP) is 3.22. The van der Waals surface area contributed by atoms with Gasteiger partial charge in [-0.1, -0.05) is 48.5 Å². The lowest BCUT2D eigenvalue weighted by Crippen LogP contribution is -2.30. The molecule has 0 fully saturated rings. The van der Waals surface area contributed by atoms with Crippen molar-refractivity contribution in [2.75, 3.05) is 6.54 Å². The zero-order valence-electron chi connectivity index (χ0n) is 14.3. The Morgan fingerprint density at radius 2 is 1.74 bits per heavy atom. The fourth-order valence-corrected chi connectivity index (χ4v) is 2.64. The Morgan fingerprint density at radius 3 is 2.56 bits per heavy atom. The van der Waals surface area contributed by atoms with E-state index in [0.717, 1.165) is 22.4 Å². The summed E-state index contributed by atoms with van der Waals surface area (Å²) in [5, 5.41) is 15.2. The second-order valence-electron chi connectivity index (χ2n) is 5.79. The lowest BCUT2D eigenvalue weighted by Gasteiger charge is -2.09. The summed E-state index contributed by atoms with van der Waals surface area (Å²) in [4.78, 5) is 34.1. The van der Waals surface area contributed by atoms with Gasteiger partial charge in [-0.05, 0) is 22.4 Å². The number of nitrogens with zero attached hydrogens (tertiary/aromatic N) is 1. The summed E-state index contributed by atoms with van der Waals surface area (Å²) in [7, 11) is 0. The maximum Gasteiger partial charge on any atom is 0.325 e. The molecule has 3 aromatic carbocycles. The third kappa shape index (κ3) is 4.46. The van der Waals surface area contributed by atoms with Crippen LogP contribution in [-0.2, 0) is 16.1 Å². The van der Waals surface area contributed by atoms with E-state index in [2.05, 4.69) is 5.32 Å². The van der Waals surface area contributed by atoms with E-state index in [1.807, 2.05) is 42.5 Å². The molecule has 0 saturated heterocycles. The Kier molecular flexibility index (Phi) is 5.41. The fourth-order valence-electron chi connectivity index (χ4n) is 2.64. The van der Waals surface area contributed by atoms with Crippen molar-refractivity contribution in [3.8, 4) is 0 Å². The number of hydrogen-bond acceptors (Lipinski definition) is 5. The molecule has 0 spiro atoms. The first-order chi connectivity index (χ1) is 13.0. The van der Waals surface area contributed by atoms with Crippen LogP contribution in [0.1, 0.15) is 15.9 Å². The second-order valence-corrected chi connectivity index (χ2v) is 5.79. The summed E-state index contributed by atoms with van der Waals surface area (Å²) < 4.78 is 5.22. The molecule has 0 aliphatic heterocycles. The zero-order chi connectivity index (χ0) is 19.2. The van der Waals surface area contributed by atoms with Gasteiger partial charge in [-0.2, -0.15) is 0 Å². The van der Waals surface area contributed by atoms with Gasteiger partial charge in [-0.25, -0.2) is 0 Å². The number of rotatable bonds is 6. The molecule has 7 heteroatoms. The van der Waals surface area contributed by atoms with E-state index in [1.165, 1.54) is 18.2 Å². The standard InChI is InChI=1S/C20H16N2O5/c23-19(12-21-20(24)15-7-4-9-17(11-15)22(25)26)27-13-16-8-3-6-14-5-1-2-10-18(14)16/h1-11H,12-13H2,(H,21,24). The van der Waals surface area contributed by atoms with Gasteiger partial charge >= 0.3 is 5.97 Å². The van der Waals surface area contributed by atoms with Gasteiger partial charge in [0, 0.05) is 17.7 Å². The number of fused-ring (bicyclic) bond motifs is 1. The van der Waals surface area contributed by atoms with Crippen molar-refractivity contribution < 1.29 is 19.2 Å². The monoisotopic (exact) mass is 364 g/mol. The molecule has 7 nitrogen and oxygen atoms in total. The highest BCUT2D eigenvalue weighted by molar-refractivity contribution is 5.96. The number of carbonyl (C=O) groups excluding carboxylic acids is 2. The summed E-state index contributed by atoms with van der Waals surface area (Å²) in [5.74, 6) is -1.18. The molecule has 0 unspecified atom stereocenters. The summed E-state index contributed by atoms with van der Waals surface area (Å²) in [6.45, 7) is -0.237. The van der Waals surface area contributed by atoms with Crippen LogP contribution in [0.5, 0.6) is 0 Å². The Labute approximate surface area is 154 Å². The lowest BCUT2D eigenvalue weighted by atomic mass is 10.1. The molecule has 27 heavy (non-hydrogen) atoms. The van der Waals surface area contributed by atoms with Crippen LogP contribution in [0, 0.1) is 10.1 Å². The van der Waals surface area contributed by atoms with Gasteiger partial charge < -0.3 is 10.1 Å². The largest absolute Gasteiger partial charge is 0.459 e. The van der Waals surface area contributed by atoms with Gasteiger partial charge in [0.1, 0.15) is 13.2 Å². The number of non-ortho nitro benzene ring substituents is 1. The minimum atomic E-state index is -0.596. The van der Waals surface area contributed by atoms with E-state index >= 15 is 0 Å². The highest BCUT2D eigenvalue weighted by Crippen LogP contribution is 2.19. The molecule has 0 aromatic heterocycles. The van der Waals surface area contributed by atoms with Crippen LogP contribution in [0.15, 0.2) is 66.7 Å². The maximum absolute atomic E-state index is 12.0. The molecule has 1 N–H and O–H groups in total. The molecule has 0 aliphatic rings. The van der Waals surface area contributed by atoms with E-state index in [-0.39, 0.29) is 24.4 Å². The number of nitro benzene ring substituents is 1. The van der Waals surface area contributed by atoms with Crippen molar-refractivity contribution >= 4 is 28.3 Å². The number of nitro groups is 1. The van der Waals surface area contributed by atoms with Crippen LogP contribution in [0.25, 0.3) is 10.8 Å². The Bertz CT molecular complexity index is 1010. The van der Waals surface area contributed by atoms with Crippen molar-refractivity contribution in [3.05, 3.63) is 88.0 Å². The number of nitrogens with one attached hydrogen (secondary N) is 1. The van der Waals surface area contributed by atoms with Gasteiger partial charge in [0.2, 0.25) is 0 Å². The van der Waals surface area contributed by atoms with E-state index < -0.39 is 16.8 Å². The van der Waals surface area contributed by atoms with Crippen molar-refractivity contribution in [1.82, 2.24) is 5.32 Å². The molecule has 1 amide bonds. The van der Waals surface area contributed by atoms with Gasteiger partial charge in [0.25, 0.3) is 11.6 Å². The SMILES string of the molecule is O=C(CNC(=O)c1cccc([N+](=O)[O-])c1)OCc1cccc2ccccc12. The van der Waals surface area contributed by atoms with Crippen LogP contribution in [0.3, 0.4) is 0 Å². The van der Waals surface area contributed by atoms with Crippen LogP contribution >= 0.6 is 0 Å². The van der Waals surface area contributed by atoms with Crippen LogP contribution in [-0.4, -0.2) is 23.3 Å². The van der Waals surface area contributed by atoms with Crippen molar-refractivity contribution in [2.24, 2.45) is 0 Å². The molecule has 0 atom stereocenters. The number of esters is 1. The van der Waals surface area contributed by atoms with Crippen LogP contribution in [0.2, 0.25) is 0 Å². The quantitative estimate of drug-likeness (QED) is 0.411. The highest BCUT2D eigenvalue weighted by atomic mass is 16.6. The normalized spacial score (nSPS) is 10.4. The fraction of sp³-hybridized carbons (Fsp3) is 0.100. The molecule has 136 valence electrons. The Balaban J connectivity index is 1.56. The van der Waals surface area contributed by atoms with Crippen molar-refractivity contribution in [1.29, 1.82) is 0 Å². The average molecular weight is 364 g/mol. The van der Waals surface area contributed by atoms with Crippen molar-refractivity contribution in [2.45, 2.75) is 6.61 Å². The van der Waals surface area contributed by atoms with E-state index in [1.54, 1.807) is 0 Å². The third-order valence-corrected chi connectivity index (χ3v) is 3.98. The number of ether oxygens (including phenoxy) is 1. The van der Waals surface area contributed by atoms with Crippen LogP contribution in [0.4, 0.5) is 5.69 Å². The lowest BCUT2D eigenvalue weighted by molar-refractivity contribution is -0.384. The van der Waals surface area contributed by atoms with E-state index in [0.29, 0.717) is 0 Å². The number of hydrogen-bond donors (Lipinski definition) is 1. The molecular formula is C20H16N2O5. The summed E-state index contributed by atoms with van der Waals surface area (Å²) in [5.41, 5.74) is 0.777. The minimum Gasteiger partial charge on any atom is -0.459 e. The second kappa shape index (κ2) is 8.09. The average Bonchev–Trinajstić information content (AvgIpc) is 2.70. The molecule has 0 saturated carbocycles. The molecule has 0 radical (unpaired) electrons. The maximum atomic E-state index is 12.0. The highest BCUT2D eigenvalue weighted by Gasteiger charge is 2.13. The minimum absolute atomic E-state index is 0.0901. The summed E-state index contributed by atoms with van der Waals surface area (Å²) >= 11 is 0. The van der Waals surface area contributed by atoms with Gasteiger partial charge in [0.05, 0.1) is 4.92 Å². The summed E-state index contributed by atoms with van der Waals surface area (Å²) in [6.07, 6.45) is 0.